The average Bonchev–Trinajstić information content (AvgIpc) is 2.79. The van der Waals surface area contributed by atoms with Crippen LogP contribution in [0.4, 0.5) is 5.69 Å². The van der Waals surface area contributed by atoms with Crippen LogP contribution in [0.25, 0.3) is 0 Å². The first-order chi connectivity index (χ1) is 14.5. The highest BCUT2D eigenvalue weighted by atomic mass is 32.2. The minimum Gasteiger partial charge on any atom is -0.495 e. The van der Waals surface area contributed by atoms with Crippen molar-refractivity contribution in [2.75, 3.05) is 19.0 Å². The predicted octanol–water partition coefficient (Wildman–Crippen LogP) is 3.69. The summed E-state index contributed by atoms with van der Waals surface area (Å²) in [5.41, 5.74) is 2.97. The van der Waals surface area contributed by atoms with Crippen molar-refractivity contribution in [1.29, 1.82) is 0 Å². The van der Waals surface area contributed by atoms with Gasteiger partial charge in [-0.05, 0) is 47.9 Å². The number of ether oxygens (including phenoxy) is 1. The number of benzene rings is 3. The summed E-state index contributed by atoms with van der Waals surface area (Å²) in [5, 5.41) is 2.78. The van der Waals surface area contributed by atoms with E-state index in [0.29, 0.717) is 30.9 Å². The van der Waals surface area contributed by atoms with Gasteiger partial charge in [0.2, 0.25) is 10.0 Å². The van der Waals surface area contributed by atoms with Gasteiger partial charge in [0.15, 0.2) is 0 Å². The Morgan fingerprint density at radius 2 is 1.70 bits per heavy atom. The summed E-state index contributed by atoms with van der Waals surface area (Å²) in [4.78, 5) is 12.8. The zero-order valence-corrected chi connectivity index (χ0v) is 17.4. The molecule has 3 aromatic carbocycles. The summed E-state index contributed by atoms with van der Waals surface area (Å²) in [5.74, 6) is 0.127. The minimum atomic E-state index is -3.72. The van der Waals surface area contributed by atoms with Gasteiger partial charge >= 0.3 is 0 Å². The number of methoxy groups -OCH3 is 1. The number of nitrogens with zero attached hydrogens (tertiary/aromatic N) is 1. The number of carbonyl (C=O) groups excluding carboxylic acids is 1. The number of carbonyl (C=O) groups is 1. The molecule has 7 heteroatoms. The molecule has 4 rings (SSSR count). The largest absolute Gasteiger partial charge is 0.495 e. The Balaban J connectivity index is 1.57. The third kappa shape index (κ3) is 3.94. The number of hydrogen-bond donors (Lipinski definition) is 1. The van der Waals surface area contributed by atoms with E-state index in [2.05, 4.69) is 5.32 Å². The summed E-state index contributed by atoms with van der Waals surface area (Å²) < 4.78 is 33.1. The highest BCUT2D eigenvalue weighted by Gasteiger charge is 2.28. The van der Waals surface area contributed by atoms with Crippen LogP contribution in [0.1, 0.15) is 21.5 Å². The SMILES string of the molecule is COc1ccccc1NC(=O)c1cccc(S(=O)(=O)N2CCc3ccccc3C2)c1. The van der Waals surface area contributed by atoms with Crippen molar-refractivity contribution in [3.05, 3.63) is 89.5 Å². The van der Waals surface area contributed by atoms with E-state index < -0.39 is 15.9 Å². The molecule has 0 unspecified atom stereocenters. The summed E-state index contributed by atoms with van der Waals surface area (Å²) in [7, 11) is -2.20. The van der Waals surface area contributed by atoms with Crippen molar-refractivity contribution in [3.8, 4) is 5.75 Å². The summed E-state index contributed by atoms with van der Waals surface area (Å²) in [6.45, 7) is 0.743. The molecular weight excluding hydrogens is 400 g/mol. The topological polar surface area (TPSA) is 75.7 Å². The summed E-state index contributed by atoms with van der Waals surface area (Å²) in [6.07, 6.45) is 0.670. The van der Waals surface area contributed by atoms with E-state index in [-0.39, 0.29) is 10.5 Å². The van der Waals surface area contributed by atoms with E-state index in [9.17, 15) is 13.2 Å². The molecule has 0 saturated carbocycles. The minimum absolute atomic E-state index is 0.106. The standard InChI is InChI=1S/C23H22N2O4S/c1-29-22-12-5-4-11-21(22)24-23(26)18-9-6-10-20(15-18)30(27,28)25-14-13-17-7-2-3-8-19(17)16-25/h2-12,15H,13-14,16H2,1H3,(H,24,26). The highest BCUT2D eigenvalue weighted by Crippen LogP contribution is 2.27. The molecule has 3 aromatic rings. The molecule has 30 heavy (non-hydrogen) atoms. The Morgan fingerprint density at radius 1 is 0.967 bits per heavy atom. The molecule has 6 nitrogen and oxygen atoms in total. The van der Waals surface area contributed by atoms with Crippen LogP contribution >= 0.6 is 0 Å². The number of hydrogen-bond acceptors (Lipinski definition) is 4. The smallest absolute Gasteiger partial charge is 0.255 e. The number of amides is 1. The molecule has 0 aliphatic carbocycles. The second-order valence-corrected chi connectivity index (χ2v) is 8.98. The van der Waals surface area contributed by atoms with E-state index >= 15 is 0 Å². The molecule has 0 spiro atoms. The van der Waals surface area contributed by atoms with Crippen molar-refractivity contribution < 1.29 is 17.9 Å². The lowest BCUT2D eigenvalue weighted by Gasteiger charge is -2.28. The maximum Gasteiger partial charge on any atom is 0.255 e. The first-order valence-electron chi connectivity index (χ1n) is 9.60. The number of rotatable bonds is 5. The van der Waals surface area contributed by atoms with Crippen LogP contribution in [0.5, 0.6) is 5.75 Å². The normalized spacial score (nSPS) is 14.0. The molecule has 0 aromatic heterocycles. The van der Waals surface area contributed by atoms with Gasteiger partial charge in [-0.3, -0.25) is 4.79 Å². The molecule has 0 bridgehead atoms. The maximum atomic E-state index is 13.2. The van der Waals surface area contributed by atoms with Gasteiger partial charge in [0.1, 0.15) is 5.75 Å². The zero-order valence-electron chi connectivity index (χ0n) is 16.5. The van der Waals surface area contributed by atoms with Crippen molar-refractivity contribution >= 4 is 21.6 Å². The van der Waals surface area contributed by atoms with Crippen LogP contribution in [0, 0.1) is 0 Å². The van der Waals surface area contributed by atoms with Gasteiger partial charge in [0, 0.05) is 18.7 Å². The lowest BCUT2D eigenvalue weighted by atomic mass is 10.0. The third-order valence-corrected chi connectivity index (χ3v) is 7.03. The fourth-order valence-corrected chi connectivity index (χ4v) is 5.03. The molecule has 1 aliphatic heterocycles. The van der Waals surface area contributed by atoms with E-state index in [1.165, 1.54) is 29.1 Å². The quantitative estimate of drug-likeness (QED) is 0.680. The second-order valence-electron chi connectivity index (χ2n) is 7.04. The Hall–Kier alpha value is -3.16. The van der Waals surface area contributed by atoms with Crippen LogP contribution in [-0.4, -0.2) is 32.3 Å². The Morgan fingerprint density at radius 3 is 2.50 bits per heavy atom. The van der Waals surface area contributed by atoms with Gasteiger partial charge in [-0.1, -0.05) is 42.5 Å². The first-order valence-corrected chi connectivity index (χ1v) is 11.0. The first kappa shape index (κ1) is 20.1. The Bertz CT molecular complexity index is 1190. The summed E-state index contributed by atoms with van der Waals surface area (Å²) in [6, 6.07) is 21.0. The number of sulfonamides is 1. The second kappa shape index (κ2) is 8.30. The van der Waals surface area contributed by atoms with Crippen LogP contribution in [0.3, 0.4) is 0 Å². The van der Waals surface area contributed by atoms with Crippen LogP contribution in [0.15, 0.2) is 77.7 Å². The lowest BCUT2D eigenvalue weighted by Crippen LogP contribution is -2.36. The zero-order chi connectivity index (χ0) is 21.1. The number of fused-ring (bicyclic) bond motifs is 1. The van der Waals surface area contributed by atoms with Gasteiger partial charge in [-0.2, -0.15) is 4.31 Å². The lowest BCUT2D eigenvalue weighted by molar-refractivity contribution is 0.102. The number of para-hydroxylation sites is 2. The van der Waals surface area contributed by atoms with E-state index in [4.69, 9.17) is 4.74 Å². The Labute approximate surface area is 176 Å². The van der Waals surface area contributed by atoms with Crippen molar-refractivity contribution in [1.82, 2.24) is 4.31 Å². The molecule has 0 fully saturated rings. The van der Waals surface area contributed by atoms with Crippen LogP contribution in [0.2, 0.25) is 0 Å². The third-order valence-electron chi connectivity index (χ3n) is 5.18. The van der Waals surface area contributed by atoms with E-state index in [1.54, 1.807) is 36.4 Å². The van der Waals surface area contributed by atoms with Crippen molar-refractivity contribution in [2.24, 2.45) is 0 Å². The molecule has 1 aliphatic rings. The highest BCUT2D eigenvalue weighted by molar-refractivity contribution is 7.89. The van der Waals surface area contributed by atoms with Gasteiger partial charge in [0.25, 0.3) is 5.91 Å². The van der Waals surface area contributed by atoms with Crippen molar-refractivity contribution in [2.45, 2.75) is 17.9 Å². The molecule has 0 saturated heterocycles. The molecule has 1 N–H and O–H groups in total. The predicted molar refractivity (Wildman–Crippen MR) is 115 cm³/mol. The van der Waals surface area contributed by atoms with Gasteiger partial charge < -0.3 is 10.1 Å². The van der Waals surface area contributed by atoms with Gasteiger partial charge in [0.05, 0.1) is 17.7 Å². The summed E-state index contributed by atoms with van der Waals surface area (Å²) >= 11 is 0. The monoisotopic (exact) mass is 422 g/mol. The van der Waals surface area contributed by atoms with E-state index in [1.807, 2.05) is 24.3 Å². The molecule has 1 heterocycles. The number of anilines is 1. The van der Waals surface area contributed by atoms with Gasteiger partial charge in [-0.15, -0.1) is 0 Å². The molecule has 154 valence electrons. The van der Waals surface area contributed by atoms with Crippen molar-refractivity contribution in [3.63, 3.8) is 0 Å². The fraction of sp³-hybridized carbons (Fsp3) is 0.174. The molecule has 1 amide bonds. The Kier molecular flexibility index (Phi) is 5.57. The number of nitrogens with one attached hydrogen (secondary N) is 1. The average molecular weight is 423 g/mol. The molecule has 0 radical (unpaired) electrons. The maximum absolute atomic E-state index is 13.2. The fourth-order valence-electron chi connectivity index (χ4n) is 3.56. The van der Waals surface area contributed by atoms with Crippen LogP contribution in [-0.2, 0) is 23.0 Å². The van der Waals surface area contributed by atoms with E-state index in [0.717, 1.165) is 5.56 Å². The van der Waals surface area contributed by atoms with Crippen LogP contribution < -0.4 is 10.1 Å². The molecular formula is C23H22N2O4S. The van der Waals surface area contributed by atoms with Gasteiger partial charge in [-0.25, -0.2) is 8.42 Å². The molecule has 0 atom stereocenters.